The molecule has 13 heavy (non-hydrogen) atoms. The van der Waals surface area contributed by atoms with Crippen LogP contribution in [0.25, 0.3) is 0 Å². The Hall–Kier alpha value is -0.900. The molecule has 1 N–H and O–H groups in total. The van der Waals surface area contributed by atoms with Crippen LogP contribution < -0.4 is 4.72 Å². The van der Waals surface area contributed by atoms with Crippen molar-refractivity contribution in [3.05, 3.63) is 23.3 Å². The van der Waals surface area contributed by atoms with Gasteiger partial charge in [0, 0.05) is 0 Å². The number of rotatable bonds is 1. The van der Waals surface area contributed by atoms with Crippen molar-refractivity contribution < 1.29 is 9.53 Å². The third-order valence-electron chi connectivity index (χ3n) is 1.20. The quantitative estimate of drug-likeness (QED) is 0.517. The largest absolute Gasteiger partial charge is 0.455 e. The summed E-state index contributed by atoms with van der Waals surface area (Å²) < 4.78 is 8.02. The zero-order valence-electron chi connectivity index (χ0n) is 7.96. The molecule has 0 aromatic rings. The van der Waals surface area contributed by atoms with Gasteiger partial charge in [0.15, 0.2) is 0 Å². The van der Waals surface area contributed by atoms with Crippen molar-refractivity contribution in [2.75, 3.05) is 0 Å². The predicted molar refractivity (Wildman–Crippen MR) is 53.8 cm³/mol. The van der Waals surface area contributed by atoms with Gasteiger partial charge in [0.2, 0.25) is 0 Å². The molecule has 0 radical (unpaired) electrons. The summed E-state index contributed by atoms with van der Waals surface area (Å²) in [6, 6.07) is 0. The van der Waals surface area contributed by atoms with Gasteiger partial charge < -0.3 is 9.46 Å². The number of ether oxygens (including phenoxy) is 1. The minimum absolute atomic E-state index is 0.315. The van der Waals surface area contributed by atoms with Crippen LogP contribution in [0.5, 0.6) is 0 Å². The number of nitrogens with one attached hydrogen (secondary N) is 1. The normalized spacial score (nSPS) is 16.1. The lowest BCUT2D eigenvalue weighted by Gasteiger charge is -2.21. The van der Waals surface area contributed by atoms with Crippen molar-refractivity contribution in [1.29, 1.82) is 0 Å². The molecule has 1 heterocycles. The molecule has 1 aliphatic rings. The maximum atomic E-state index is 11.4. The van der Waals surface area contributed by atoms with Gasteiger partial charge in [-0.15, -0.1) is 0 Å². The predicted octanol–water partition coefficient (Wildman–Crippen LogP) is 1.98. The second-order valence-electron chi connectivity index (χ2n) is 3.63. The molecular weight excluding hydrogens is 186 g/mol. The average Bonchev–Trinajstić information content (AvgIpc) is 2.03. The van der Waals surface area contributed by atoms with E-state index in [1.54, 1.807) is 12.2 Å². The topological polar surface area (TPSA) is 38.3 Å². The summed E-state index contributed by atoms with van der Waals surface area (Å²) in [6.45, 7) is 5.53. The lowest BCUT2D eigenvalue weighted by molar-refractivity contribution is -0.150. The molecule has 0 fully saturated rings. The first-order chi connectivity index (χ1) is 5.99. The molecule has 0 saturated carbocycles. The van der Waals surface area contributed by atoms with Crippen molar-refractivity contribution in [3.63, 3.8) is 0 Å². The molecule has 1 rings (SSSR count). The fourth-order valence-electron chi connectivity index (χ4n) is 0.749. The first-order valence-corrected chi connectivity index (χ1v) is 4.89. The van der Waals surface area contributed by atoms with Gasteiger partial charge in [-0.25, -0.2) is 4.79 Å². The lowest BCUT2D eigenvalue weighted by atomic mass is 10.2. The highest BCUT2D eigenvalue weighted by Crippen LogP contribution is 2.14. The van der Waals surface area contributed by atoms with E-state index in [0.717, 1.165) is 0 Å². The minimum Gasteiger partial charge on any atom is -0.455 e. The summed E-state index contributed by atoms with van der Waals surface area (Å²) >= 11 is 1.36. The van der Waals surface area contributed by atoms with Gasteiger partial charge in [0.05, 0.1) is 0 Å². The molecule has 4 heteroatoms. The van der Waals surface area contributed by atoms with Gasteiger partial charge in [-0.2, -0.15) is 0 Å². The minimum atomic E-state index is -0.439. The second kappa shape index (κ2) is 3.87. The van der Waals surface area contributed by atoms with Crippen LogP contribution in [0.15, 0.2) is 23.3 Å². The fraction of sp³-hybridized carbons (Fsp3) is 0.444. The Morgan fingerprint density at radius 3 is 2.69 bits per heavy atom. The number of hydrogen-bond acceptors (Lipinski definition) is 4. The fourth-order valence-corrected chi connectivity index (χ4v) is 1.25. The Morgan fingerprint density at radius 2 is 2.23 bits per heavy atom. The van der Waals surface area contributed by atoms with E-state index in [0.29, 0.717) is 5.70 Å². The standard InChI is InChI=1S/C9H13NO2S/c1-9(2,3)12-8(11)7-5-4-6-13-10-7/h4-6,10H,1-3H3. The van der Waals surface area contributed by atoms with Crippen molar-refractivity contribution in [3.8, 4) is 0 Å². The molecule has 72 valence electrons. The van der Waals surface area contributed by atoms with Crippen molar-refractivity contribution >= 4 is 17.9 Å². The van der Waals surface area contributed by atoms with E-state index in [4.69, 9.17) is 4.74 Å². The molecule has 1 aliphatic heterocycles. The maximum absolute atomic E-state index is 11.4. The average molecular weight is 199 g/mol. The molecule has 0 amide bonds. The third-order valence-corrected chi connectivity index (χ3v) is 1.83. The van der Waals surface area contributed by atoms with E-state index in [9.17, 15) is 4.79 Å². The van der Waals surface area contributed by atoms with Crippen molar-refractivity contribution in [1.82, 2.24) is 4.72 Å². The number of hydrogen-bond donors (Lipinski definition) is 1. The Balaban J connectivity index is 2.58. The molecule has 3 nitrogen and oxygen atoms in total. The molecule has 0 unspecified atom stereocenters. The van der Waals surface area contributed by atoms with Gasteiger partial charge >= 0.3 is 5.97 Å². The van der Waals surface area contributed by atoms with E-state index in [2.05, 4.69) is 4.72 Å². The summed E-state index contributed by atoms with van der Waals surface area (Å²) in [5, 5.41) is 1.86. The Kier molecular flexibility index (Phi) is 3.03. The van der Waals surface area contributed by atoms with Crippen LogP contribution >= 0.6 is 11.9 Å². The molecule has 0 aliphatic carbocycles. The molecule has 0 bridgehead atoms. The lowest BCUT2D eigenvalue weighted by Crippen LogP contribution is -2.28. The Morgan fingerprint density at radius 1 is 1.54 bits per heavy atom. The van der Waals surface area contributed by atoms with Crippen LogP contribution in [0.2, 0.25) is 0 Å². The van der Waals surface area contributed by atoms with E-state index in [1.165, 1.54) is 11.9 Å². The van der Waals surface area contributed by atoms with E-state index < -0.39 is 5.60 Å². The molecule has 0 saturated heterocycles. The van der Waals surface area contributed by atoms with Gasteiger partial charge in [-0.1, -0.05) is 6.08 Å². The molecule has 0 aromatic carbocycles. The van der Waals surface area contributed by atoms with Gasteiger partial charge in [-0.3, -0.25) is 0 Å². The summed E-state index contributed by atoms with van der Waals surface area (Å²) in [5.74, 6) is -0.315. The number of carbonyl (C=O) groups excluding carboxylic acids is 1. The second-order valence-corrected chi connectivity index (χ2v) is 4.34. The van der Waals surface area contributed by atoms with Gasteiger partial charge in [0.1, 0.15) is 11.3 Å². The first-order valence-electron chi connectivity index (χ1n) is 4.01. The van der Waals surface area contributed by atoms with E-state index in [-0.39, 0.29) is 5.97 Å². The summed E-state index contributed by atoms with van der Waals surface area (Å²) in [5.41, 5.74) is 0.0493. The first kappa shape index (κ1) is 10.2. The summed E-state index contributed by atoms with van der Waals surface area (Å²) in [4.78, 5) is 11.4. The summed E-state index contributed by atoms with van der Waals surface area (Å²) in [6.07, 6.45) is 3.50. The van der Waals surface area contributed by atoms with Gasteiger partial charge in [-0.05, 0) is 44.2 Å². The van der Waals surface area contributed by atoms with Gasteiger partial charge in [0.25, 0.3) is 0 Å². The zero-order valence-corrected chi connectivity index (χ0v) is 8.77. The van der Waals surface area contributed by atoms with Crippen LogP contribution in [0.4, 0.5) is 0 Å². The zero-order chi connectivity index (χ0) is 9.90. The van der Waals surface area contributed by atoms with Crippen molar-refractivity contribution in [2.24, 2.45) is 0 Å². The summed E-state index contributed by atoms with van der Waals surface area (Å²) in [7, 11) is 0. The number of carbonyl (C=O) groups is 1. The number of allylic oxidation sites excluding steroid dienone is 2. The van der Waals surface area contributed by atoms with Crippen LogP contribution in [0, 0.1) is 0 Å². The molecular formula is C9H13NO2S. The van der Waals surface area contributed by atoms with Crippen LogP contribution in [-0.2, 0) is 9.53 Å². The Bertz CT molecular complexity index is 263. The monoisotopic (exact) mass is 199 g/mol. The molecule has 0 atom stereocenters. The number of esters is 1. The van der Waals surface area contributed by atoms with E-state index >= 15 is 0 Å². The van der Waals surface area contributed by atoms with Crippen LogP contribution in [-0.4, -0.2) is 11.6 Å². The van der Waals surface area contributed by atoms with Crippen molar-refractivity contribution in [2.45, 2.75) is 26.4 Å². The highest BCUT2D eigenvalue weighted by atomic mass is 32.2. The van der Waals surface area contributed by atoms with Crippen LogP contribution in [0.1, 0.15) is 20.8 Å². The molecule has 0 aromatic heterocycles. The van der Waals surface area contributed by atoms with Crippen LogP contribution in [0.3, 0.4) is 0 Å². The highest BCUT2D eigenvalue weighted by Gasteiger charge is 2.19. The SMILES string of the molecule is CC(C)(C)OC(=O)C1=CC=CSN1. The third kappa shape index (κ3) is 3.55. The maximum Gasteiger partial charge on any atom is 0.355 e. The van der Waals surface area contributed by atoms with E-state index in [1.807, 2.05) is 26.2 Å². The smallest absolute Gasteiger partial charge is 0.355 e. The molecule has 0 spiro atoms. The Labute approximate surface area is 82.4 Å². The highest BCUT2D eigenvalue weighted by molar-refractivity contribution is 8.00.